The predicted molar refractivity (Wildman–Crippen MR) is 91.0 cm³/mol. The van der Waals surface area contributed by atoms with Gasteiger partial charge in [-0.1, -0.05) is 37.3 Å². The van der Waals surface area contributed by atoms with Crippen LogP contribution in [0.3, 0.4) is 0 Å². The van der Waals surface area contributed by atoms with Crippen molar-refractivity contribution in [2.75, 3.05) is 18.9 Å². The van der Waals surface area contributed by atoms with Gasteiger partial charge in [0.25, 0.3) is 5.91 Å². The molecule has 1 unspecified atom stereocenters. The molecule has 0 heterocycles. The summed E-state index contributed by atoms with van der Waals surface area (Å²) in [5, 5.41) is 2.64. The molecule has 0 radical (unpaired) electrons. The van der Waals surface area contributed by atoms with Crippen molar-refractivity contribution in [3.8, 4) is 0 Å². The maximum Gasteiger partial charge on any atom is 0.279 e. The van der Waals surface area contributed by atoms with Gasteiger partial charge in [-0.15, -0.1) is 0 Å². The maximum atomic E-state index is 13.7. The fraction of sp³-hybridized carbons (Fsp3) is 0.316. The molecule has 0 spiro atoms. The Bertz CT molecular complexity index is 668. The largest absolute Gasteiger partial charge is 0.326 e. The van der Waals surface area contributed by atoms with E-state index >= 15 is 0 Å². The SMILES string of the molecule is CCc1ccc(C[NH+](C)CC(=O)Nc2ccc(C)cc2F)cc1. The zero-order chi connectivity index (χ0) is 16.8. The molecule has 4 heteroatoms. The van der Waals surface area contributed by atoms with Crippen molar-refractivity contribution in [3.63, 3.8) is 0 Å². The van der Waals surface area contributed by atoms with Gasteiger partial charge in [0, 0.05) is 5.56 Å². The van der Waals surface area contributed by atoms with E-state index in [-0.39, 0.29) is 11.6 Å². The highest BCUT2D eigenvalue weighted by atomic mass is 19.1. The quantitative estimate of drug-likeness (QED) is 0.843. The van der Waals surface area contributed by atoms with Crippen molar-refractivity contribution in [3.05, 3.63) is 65.0 Å². The molecule has 1 amide bonds. The van der Waals surface area contributed by atoms with E-state index in [1.54, 1.807) is 12.1 Å². The molecule has 0 aliphatic heterocycles. The minimum Gasteiger partial charge on any atom is -0.326 e. The van der Waals surface area contributed by atoms with Gasteiger partial charge in [0.1, 0.15) is 12.4 Å². The number of amides is 1. The minimum atomic E-state index is -0.397. The van der Waals surface area contributed by atoms with Gasteiger partial charge in [0.15, 0.2) is 6.54 Å². The van der Waals surface area contributed by atoms with Crippen LogP contribution in [-0.4, -0.2) is 19.5 Å². The van der Waals surface area contributed by atoms with E-state index in [2.05, 4.69) is 36.5 Å². The molecule has 23 heavy (non-hydrogen) atoms. The first kappa shape index (κ1) is 17.2. The molecule has 0 saturated heterocycles. The molecule has 0 fully saturated rings. The number of carbonyl (C=O) groups excluding carboxylic acids is 1. The van der Waals surface area contributed by atoms with Gasteiger partial charge in [-0.3, -0.25) is 4.79 Å². The van der Waals surface area contributed by atoms with E-state index in [0.717, 1.165) is 23.4 Å². The van der Waals surface area contributed by atoms with E-state index in [1.165, 1.54) is 17.2 Å². The van der Waals surface area contributed by atoms with Crippen LogP contribution >= 0.6 is 0 Å². The summed E-state index contributed by atoms with van der Waals surface area (Å²) >= 11 is 0. The van der Waals surface area contributed by atoms with Crippen LogP contribution in [0.2, 0.25) is 0 Å². The van der Waals surface area contributed by atoms with Crippen LogP contribution in [0.5, 0.6) is 0 Å². The van der Waals surface area contributed by atoms with Crippen LogP contribution in [-0.2, 0) is 17.8 Å². The lowest BCUT2D eigenvalue weighted by Crippen LogP contribution is -3.08. The van der Waals surface area contributed by atoms with Crippen molar-refractivity contribution in [1.29, 1.82) is 0 Å². The number of hydrogen-bond donors (Lipinski definition) is 2. The number of anilines is 1. The number of nitrogens with one attached hydrogen (secondary N) is 2. The second kappa shape index (κ2) is 7.88. The summed E-state index contributed by atoms with van der Waals surface area (Å²) in [6.07, 6.45) is 1.02. The highest BCUT2D eigenvalue weighted by Crippen LogP contribution is 2.14. The number of benzene rings is 2. The third kappa shape index (κ3) is 5.18. The summed E-state index contributed by atoms with van der Waals surface area (Å²) in [4.78, 5) is 13.1. The molecule has 0 aliphatic rings. The second-order valence-corrected chi connectivity index (χ2v) is 6.01. The van der Waals surface area contributed by atoms with Crippen molar-refractivity contribution >= 4 is 11.6 Å². The first-order valence-electron chi connectivity index (χ1n) is 7.93. The summed E-state index contributed by atoms with van der Waals surface area (Å²) in [7, 11) is 1.96. The highest BCUT2D eigenvalue weighted by Gasteiger charge is 2.12. The average Bonchev–Trinajstić information content (AvgIpc) is 2.50. The summed E-state index contributed by atoms with van der Waals surface area (Å²) in [6, 6.07) is 13.2. The lowest BCUT2D eigenvalue weighted by Gasteiger charge is -2.14. The Morgan fingerprint density at radius 3 is 2.39 bits per heavy atom. The number of halogens is 1. The molecule has 0 saturated carbocycles. The Labute approximate surface area is 137 Å². The number of aryl methyl sites for hydroxylation is 2. The molecule has 2 rings (SSSR count). The Balaban J connectivity index is 1.88. The topological polar surface area (TPSA) is 33.5 Å². The molecular formula is C19H24FN2O+. The van der Waals surface area contributed by atoms with Crippen LogP contribution < -0.4 is 10.2 Å². The van der Waals surface area contributed by atoms with Gasteiger partial charge in [0.2, 0.25) is 0 Å². The first-order valence-corrected chi connectivity index (χ1v) is 7.93. The molecule has 1 atom stereocenters. The number of rotatable bonds is 6. The van der Waals surface area contributed by atoms with Gasteiger partial charge < -0.3 is 10.2 Å². The summed E-state index contributed by atoms with van der Waals surface area (Å²) in [6.45, 7) is 4.99. The fourth-order valence-corrected chi connectivity index (χ4v) is 2.49. The summed E-state index contributed by atoms with van der Waals surface area (Å²) in [5.74, 6) is -0.582. The van der Waals surface area contributed by atoms with Crippen molar-refractivity contribution in [2.45, 2.75) is 26.8 Å². The molecule has 3 nitrogen and oxygen atoms in total. The molecule has 2 aromatic rings. The second-order valence-electron chi connectivity index (χ2n) is 6.01. The third-order valence-electron chi connectivity index (χ3n) is 3.80. The lowest BCUT2D eigenvalue weighted by atomic mass is 10.1. The van der Waals surface area contributed by atoms with Crippen molar-refractivity contribution < 1.29 is 14.1 Å². The smallest absolute Gasteiger partial charge is 0.279 e. The van der Waals surface area contributed by atoms with E-state index in [4.69, 9.17) is 0 Å². The van der Waals surface area contributed by atoms with Gasteiger partial charge in [-0.05, 0) is 36.6 Å². The molecule has 2 aromatic carbocycles. The van der Waals surface area contributed by atoms with Gasteiger partial charge in [-0.25, -0.2) is 4.39 Å². The Morgan fingerprint density at radius 2 is 1.78 bits per heavy atom. The van der Waals surface area contributed by atoms with Gasteiger partial charge in [-0.2, -0.15) is 0 Å². The molecule has 0 aliphatic carbocycles. The van der Waals surface area contributed by atoms with Crippen LogP contribution in [0, 0.1) is 12.7 Å². The van der Waals surface area contributed by atoms with E-state index in [0.29, 0.717) is 6.54 Å². The van der Waals surface area contributed by atoms with Gasteiger partial charge >= 0.3 is 0 Å². The Hall–Kier alpha value is -2.20. The fourth-order valence-electron chi connectivity index (χ4n) is 2.49. The number of carbonyl (C=O) groups is 1. The van der Waals surface area contributed by atoms with Crippen LogP contribution in [0.1, 0.15) is 23.6 Å². The number of hydrogen-bond acceptors (Lipinski definition) is 1. The van der Waals surface area contributed by atoms with E-state index < -0.39 is 5.82 Å². The highest BCUT2D eigenvalue weighted by molar-refractivity contribution is 5.91. The molecule has 0 bridgehead atoms. The minimum absolute atomic E-state index is 0.185. The van der Waals surface area contributed by atoms with Crippen molar-refractivity contribution in [1.82, 2.24) is 0 Å². The predicted octanol–water partition coefficient (Wildman–Crippen LogP) is 2.35. The molecule has 0 aromatic heterocycles. The van der Waals surface area contributed by atoms with E-state index in [1.807, 2.05) is 14.0 Å². The normalized spacial score (nSPS) is 12.0. The lowest BCUT2D eigenvalue weighted by molar-refractivity contribution is -0.885. The number of likely N-dealkylation sites (N-methyl/N-ethyl adjacent to an activating group) is 1. The van der Waals surface area contributed by atoms with Crippen LogP contribution in [0.25, 0.3) is 0 Å². The average molecular weight is 315 g/mol. The summed E-state index contributed by atoms with van der Waals surface area (Å²) < 4.78 is 13.7. The monoisotopic (exact) mass is 315 g/mol. The van der Waals surface area contributed by atoms with Crippen LogP contribution in [0.4, 0.5) is 10.1 Å². The Morgan fingerprint density at radius 1 is 1.13 bits per heavy atom. The van der Waals surface area contributed by atoms with Gasteiger partial charge in [0.05, 0.1) is 12.7 Å². The Kier molecular flexibility index (Phi) is 5.88. The number of quaternary nitrogens is 1. The third-order valence-corrected chi connectivity index (χ3v) is 3.80. The summed E-state index contributed by atoms with van der Waals surface area (Å²) in [5.41, 5.74) is 3.56. The first-order chi connectivity index (χ1) is 11.0. The molecule has 122 valence electrons. The molecular weight excluding hydrogens is 291 g/mol. The zero-order valence-electron chi connectivity index (χ0n) is 13.9. The van der Waals surface area contributed by atoms with E-state index in [9.17, 15) is 9.18 Å². The molecule has 2 N–H and O–H groups in total. The standard InChI is InChI=1S/C19H23FN2O/c1-4-15-6-8-16(9-7-15)12-22(3)13-19(23)21-18-10-5-14(2)11-17(18)20/h5-11H,4,12-13H2,1-3H3,(H,21,23)/p+1. The zero-order valence-corrected chi connectivity index (χ0v) is 13.9. The van der Waals surface area contributed by atoms with Crippen LogP contribution in [0.15, 0.2) is 42.5 Å². The maximum absolute atomic E-state index is 13.7. The van der Waals surface area contributed by atoms with Crippen molar-refractivity contribution in [2.24, 2.45) is 0 Å².